The molecule has 0 atom stereocenters. The fourth-order valence-corrected chi connectivity index (χ4v) is 3.42. The van der Waals surface area contributed by atoms with Gasteiger partial charge in [-0.25, -0.2) is 0 Å². The van der Waals surface area contributed by atoms with Crippen molar-refractivity contribution < 1.29 is 14.3 Å². The van der Waals surface area contributed by atoms with E-state index in [1.165, 1.54) is 0 Å². The molecule has 2 aliphatic heterocycles. The van der Waals surface area contributed by atoms with Crippen LogP contribution in [-0.2, 0) is 4.79 Å². The Balaban J connectivity index is 1.68. The van der Waals surface area contributed by atoms with E-state index in [0.717, 1.165) is 30.7 Å². The van der Waals surface area contributed by atoms with Crippen molar-refractivity contribution in [3.63, 3.8) is 0 Å². The van der Waals surface area contributed by atoms with Gasteiger partial charge in [-0.05, 0) is 42.9 Å². The first-order valence-corrected chi connectivity index (χ1v) is 7.74. The van der Waals surface area contributed by atoms with E-state index < -0.39 is 0 Å². The standard InChI is InChI=1S/C17H22N2O3/c1-12-3-4-13(9-14(12)22-2)16(21)19-7-5-17(6-8-19)10-15(20)18-11-17/h3-4,9H,5-8,10-11H2,1-2H3,(H,18,20). The summed E-state index contributed by atoms with van der Waals surface area (Å²) >= 11 is 0. The summed E-state index contributed by atoms with van der Waals surface area (Å²) < 4.78 is 5.29. The molecule has 2 aliphatic rings. The molecule has 0 radical (unpaired) electrons. The molecule has 1 N–H and O–H groups in total. The number of methoxy groups -OCH3 is 1. The average Bonchev–Trinajstić information content (AvgIpc) is 2.88. The summed E-state index contributed by atoms with van der Waals surface area (Å²) in [7, 11) is 1.62. The zero-order valence-corrected chi connectivity index (χ0v) is 13.1. The predicted molar refractivity (Wildman–Crippen MR) is 82.9 cm³/mol. The number of carbonyl (C=O) groups is 2. The van der Waals surface area contributed by atoms with Crippen LogP contribution < -0.4 is 10.1 Å². The van der Waals surface area contributed by atoms with Crippen molar-refractivity contribution in [2.24, 2.45) is 5.41 Å². The number of amides is 2. The van der Waals surface area contributed by atoms with Crippen LogP contribution in [-0.4, -0.2) is 43.5 Å². The lowest BCUT2D eigenvalue weighted by atomic mass is 9.77. The highest BCUT2D eigenvalue weighted by Gasteiger charge is 2.41. The van der Waals surface area contributed by atoms with Gasteiger partial charge in [-0.1, -0.05) is 6.07 Å². The van der Waals surface area contributed by atoms with Crippen LogP contribution in [0.25, 0.3) is 0 Å². The molecule has 22 heavy (non-hydrogen) atoms. The summed E-state index contributed by atoms with van der Waals surface area (Å²) in [5.74, 6) is 0.929. The summed E-state index contributed by atoms with van der Waals surface area (Å²) in [5.41, 5.74) is 1.75. The average molecular weight is 302 g/mol. The molecule has 5 nitrogen and oxygen atoms in total. The molecule has 118 valence electrons. The number of hydrogen-bond acceptors (Lipinski definition) is 3. The van der Waals surface area contributed by atoms with Gasteiger partial charge in [0.2, 0.25) is 5.91 Å². The van der Waals surface area contributed by atoms with E-state index >= 15 is 0 Å². The first-order chi connectivity index (χ1) is 10.5. The largest absolute Gasteiger partial charge is 0.496 e. The first-order valence-electron chi connectivity index (χ1n) is 7.74. The lowest BCUT2D eigenvalue weighted by Gasteiger charge is -2.38. The van der Waals surface area contributed by atoms with Gasteiger partial charge in [-0.2, -0.15) is 0 Å². The number of nitrogens with zero attached hydrogens (tertiary/aromatic N) is 1. The number of aryl methyl sites for hydroxylation is 1. The van der Waals surface area contributed by atoms with Gasteiger partial charge in [0.25, 0.3) is 5.91 Å². The third-order valence-corrected chi connectivity index (χ3v) is 4.96. The molecule has 5 heteroatoms. The highest BCUT2D eigenvalue weighted by atomic mass is 16.5. The molecule has 1 spiro atoms. The SMILES string of the molecule is COc1cc(C(=O)N2CCC3(CC2)CNC(=O)C3)ccc1C. The third-order valence-electron chi connectivity index (χ3n) is 4.96. The number of benzene rings is 1. The zero-order valence-electron chi connectivity index (χ0n) is 13.1. The van der Waals surface area contributed by atoms with E-state index in [1.807, 2.05) is 30.0 Å². The van der Waals surface area contributed by atoms with Gasteiger partial charge in [0, 0.05) is 31.6 Å². The molecule has 0 saturated carbocycles. The summed E-state index contributed by atoms with van der Waals surface area (Å²) in [5, 5.41) is 2.92. The van der Waals surface area contributed by atoms with Gasteiger partial charge in [-0.15, -0.1) is 0 Å². The summed E-state index contributed by atoms with van der Waals surface area (Å²) in [6, 6.07) is 5.57. The van der Waals surface area contributed by atoms with Gasteiger partial charge in [-0.3, -0.25) is 9.59 Å². The van der Waals surface area contributed by atoms with E-state index in [2.05, 4.69) is 5.32 Å². The molecule has 2 amide bonds. The molecule has 1 aromatic rings. The maximum absolute atomic E-state index is 12.6. The molecule has 0 unspecified atom stereocenters. The van der Waals surface area contributed by atoms with E-state index in [0.29, 0.717) is 25.1 Å². The van der Waals surface area contributed by atoms with Crippen LogP contribution in [0.1, 0.15) is 35.2 Å². The second-order valence-corrected chi connectivity index (χ2v) is 6.43. The molecule has 2 fully saturated rings. The van der Waals surface area contributed by atoms with Crippen LogP contribution in [0.3, 0.4) is 0 Å². The van der Waals surface area contributed by atoms with Crippen molar-refractivity contribution >= 4 is 11.8 Å². The summed E-state index contributed by atoms with van der Waals surface area (Å²) in [4.78, 5) is 26.0. The van der Waals surface area contributed by atoms with Crippen molar-refractivity contribution in [2.75, 3.05) is 26.7 Å². The molecule has 0 aromatic heterocycles. The highest BCUT2D eigenvalue weighted by Crippen LogP contribution is 2.37. The van der Waals surface area contributed by atoms with Crippen LogP contribution in [0, 0.1) is 12.3 Å². The zero-order chi connectivity index (χ0) is 15.7. The topological polar surface area (TPSA) is 58.6 Å². The van der Waals surface area contributed by atoms with Crippen LogP contribution >= 0.6 is 0 Å². The Morgan fingerprint density at radius 2 is 2.05 bits per heavy atom. The minimum Gasteiger partial charge on any atom is -0.496 e. The number of nitrogens with one attached hydrogen (secondary N) is 1. The fourth-order valence-electron chi connectivity index (χ4n) is 3.42. The number of piperidine rings is 1. The van der Waals surface area contributed by atoms with Crippen molar-refractivity contribution in [3.8, 4) is 5.75 Å². The van der Waals surface area contributed by atoms with E-state index in [4.69, 9.17) is 4.74 Å². The predicted octanol–water partition coefficient (Wildman–Crippen LogP) is 1.75. The number of likely N-dealkylation sites (tertiary alicyclic amines) is 1. The molecule has 3 rings (SSSR count). The van der Waals surface area contributed by atoms with E-state index in [9.17, 15) is 9.59 Å². The Morgan fingerprint density at radius 1 is 1.32 bits per heavy atom. The Morgan fingerprint density at radius 3 is 2.64 bits per heavy atom. The number of ether oxygens (including phenoxy) is 1. The van der Waals surface area contributed by atoms with Crippen LogP contribution in [0.4, 0.5) is 0 Å². The Labute approximate surface area is 130 Å². The van der Waals surface area contributed by atoms with E-state index in [1.54, 1.807) is 7.11 Å². The Hall–Kier alpha value is -2.04. The normalized spacial score (nSPS) is 20.1. The lowest BCUT2D eigenvalue weighted by molar-refractivity contribution is -0.119. The van der Waals surface area contributed by atoms with Crippen LogP contribution in [0.2, 0.25) is 0 Å². The van der Waals surface area contributed by atoms with Gasteiger partial charge in [0.05, 0.1) is 7.11 Å². The van der Waals surface area contributed by atoms with Gasteiger partial charge < -0.3 is 15.0 Å². The molecule has 0 bridgehead atoms. The molecule has 1 aromatic carbocycles. The van der Waals surface area contributed by atoms with Gasteiger partial charge in [0.15, 0.2) is 0 Å². The molecular weight excluding hydrogens is 280 g/mol. The molecule has 2 heterocycles. The number of hydrogen-bond donors (Lipinski definition) is 1. The minimum absolute atomic E-state index is 0.0467. The smallest absolute Gasteiger partial charge is 0.253 e. The van der Waals surface area contributed by atoms with Gasteiger partial charge in [0.1, 0.15) is 5.75 Å². The highest BCUT2D eigenvalue weighted by molar-refractivity contribution is 5.94. The lowest BCUT2D eigenvalue weighted by Crippen LogP contribution is -2.44. The van der Waals surface area contributed by atoms with Crippen molar-refractivity contribution in [3.05, 3.63) is 29.3 Å². The van der Waals surface area contributed by atoms with Gasteiger partial charge >= 0.3 is 0 Å². The van der Waals surface area contributed by atoms with Crippen molar-refractivity contribution in [1.29, 1.82) is 0 Å². The number of rotatable bonds is 2. The number of carbonyl (C=O) groups excluding carboxylic acids is 2. The molecular formula is C17H22N2O3. The maximum atomic E-state index is 12.6. The van der Waals surface area contributed by atoms with Crippen molar-refractivity contribution in [1.82, 2.24) is 10.2 Å². The summed E-state index contributed by atoms with van der Waals surface area (Å²) in [6.45, 7) is 4.14. The van der Waals surface area contributed by atoms with Crippen molar-refractivity contribution in [2.45, 2.75) is 26.2 Å². The monoisotopic (exact) mass is 302 g/mol. The third kappa shape index (κ3) is 2.67. The molecule has 0 aliphatic carbocycles. The second-order valence-electron chi connectivity index (χ2n) is 6.43. The first kappa shape index (κ1) is 14.9. The maximum Gasteiger partial charge on any atom is 0.253 e. The van der Waals surface area contributed by atoms with Crippen LogP contribution in [0.15, 0.2) is 18.2 Å². The Bertz CT molecular complexity index is 604. The minimum atomic E-state index is 0.0467. The van der Waals surface area contributed by atoms with Crippen LogP contribution in [0.5, 0.6) is 5.75 Å². The molecule has 2 saturated heterocycles. The van der Waals surface area contributed by atoms with E-state index in [-0.39, 0.29) is 17.2 Å². The second kappa shape index (κ2) is 5.63. The fraction of sp³-hybridized carbons (Fsp3) is 0.529. The quantitative estimate of drug-likeness (QED) is 0.905. The Kier molecular flexibility index (Phi) is 3.81. The summed E-state index contributed by atoms with van der Waals surface area (Å²) in [6.07, 6.45) is 2.38.